The second kappa shape index (κ2) is 1.97. The molecule has 0 saturated carbocycles. The molecule has 0 aromatic rings. The van der Waals surface area contributed by atoms with Crippen LogP contribution in [-0.2, 0) is 0 Å². The quantitative estimate of drug-likeness (QED) is 0.438. The maximum absolute atomic E-state index is 3.62. The van der Waals surface area contributed by atoms with E-state index < -0.39 is 0 Å². The molecule has 0 amide bonds. The minimum absolute atomic E-state index is 1.13. The third-order valence-corrected chi connectivity index (χ3v) is 0.493. The average molecular weight is 72.1 g/mol. The van der Waals surface area contributed by atoms with Crippen molar-refractivity contribution in [1.29, 1.82) is 0 Å². The second-order valence-electron chi connectivity index (χ2n) is 1.14. The van der Waals surface area contributed by atoms with Crippen LogP contribution in [0.5, 0.6) is 0 Å². The van der Waals surface area contributed by atoms with E-state index in [1.807, 2.05) is 19.3 Å². The first kappa shape index (κ1) is 4.70. The summed E-state index contributed by atoms with van der Waals surface area (Å²) < 4.78 is 0. The van der Waals surface area contributed by atoms with Crippen LogP contribution in [0.1, 0.15) is 6.92 Å². The van der Waals surface area contributed by atoms with Crippen molar-refractivity contribution in [3.8, 4) is 0 Å². The summed E-state index contributed by atoms with van der Waals surface area (Å²) in [6.45, 7) is 5.59. The molecule has 0 aromatic carbocycles. The minimum atomic E-state index is 1.13. The Labute approximate surface area is 32.7 Å². The lowest BCUT2D eigenvalue weighted by molar-refractivity contribution is -0.575. The Balaban J connectivity index is 2.85. The smallest absolute Gasteiger partial charge is 0.0948 e. The molecule has 1 nitrogen and oxygen atoms in total. The Morgan fingerprint density at radius 1 is 1.80 bits per heavy atom. The molecule has 0 bridgehead atoms. The molecule has 1 heteroatoms. The molecule has 0 aliphatic heterocycles. The fourth-order valence-corrected chi connectivity index (χ4v) is 0. The minimum Gasteiger partial charge on any atom is -0.321 e. The number of allylic oxidation sites excluding steroid dienone is 1. The molecule has 0 aromatic heterocycles. The molecule has 0 radical (unpaired) electrons. The van der Waals surface area contributed by atoms with Crippen LogP contribution < -0.4 is 5.32 Å². The van der Waals surface area contributed by atoms with Gasteiger partial charge in [0.1, 0.15) is 0 Å². The lowest BCUT2D eigenvalue weighted by Crippen LogP contribution is -2.76. The summed E-state index contributed by atoms with van der Waals surface area (Å²) in [6.07, 6.45) is 0. The summed E-state index contributed by atoms with van der Waals surface area (Å²) in [7, 11) is 1.97. The number of hydrogen-bond donors (Lipinski definition) is 1. The van der Waals surface area contributed by atoms with Crippen molar-refractivity contribution < 1.29 is 5.32 Å². The van der Waals surface area contributed by atoms with E-state index in [-0.39, 0.29) is 0 Å². The zero-order valence-corrected chi connectivity index (χ0v) is 3.78. The van der Waals surface area contributed by atoms with Crippen molar-refractivity contribution in [2.45, 2.75) is 6.92 Å². The van der Waals surface area contributed by atoms with E-state index in [0.29, 0.717) is 0 Å². The first-order chi connectivity index (χ1) is 2.27. The summed E-state index contributed by atoms with van der Waals surface area (Å²) in [5, 5.41) is 1.97. The highest BCUT2D eigenvalue weighted by molar-refractivity contribution is 4.66. The van der Waals surface area contributed by atoms with Gasteiger partial charge < -0.3 is 5.32 Å². The van der Waals surface area contributed by atoms with Gasteiger partial charge in [-0.05, 0) is 6.58 Å². The van der Waals surface area contributed by atoms with E-state index in [4.69, 9.17) is 0 Å². The maximum Gasteiger partial charge on any atom is 0.0948 e. The molecule has 2 N–H and O–H groups in total. The van der Waals surface area contributed by atoms with Crippen molar-refractivity contribution in [3.05, 3.63) is 12.3 Å². The van der Waals surface area contributed by atoms with Crippen LogP contribution in [0.2, 0.25) is 0 Å². The van der Waals surface area contributed by atoms with Crippen LogP contribution in [-0.4, -0.2) is 7.05 Å². The van der Waals surface area contributed by atoms with Gasteiger partial charge in [0.15, 0.2) is 0 Å². The van der Waals surface area contributed by atoms with Gasteiger partial charge in [0.25, 0.3) is 0 Å². The van der Waals surface area contributed by atoms with Crippen LogP contribution in [0.3, 0.4) is 0 Å². The van der Waals surface area contributed by atoms with Crippen LogP contribution >= 0.6 is 0 Å². The average Bonchev–Trinajstić information content (AvgIpc) is 1.38. The highest BCUT2D eigenvalue weighted by atomic mass is 14.8. The summed E-state index contributed by atoms with van der Waals surface area (Å²) in [4.78, 5) is 0. The molecular weight excluding hydrogens is 62.1 g/mol. The second-order valence-corrected chi connectivity index (χ2v) is 1.14. The predicted octanol–water partition coefficient (Wildman–Crippen LogP) is -0.287. The highest BCUT2D eigenvalue weighted by Crippen LogP contribution is 1.56. The van der Waals surface area contributed by atoms with Crippen LogP contribution in [0.4, 0.5) is 0 Å². The van der Waals surface area contributed by atoms with Crippen molar-refractivity contribution in [2.75, 3.05) is 7.05 Å². The van der Waals surface area contributed by atoms with Crippen molar-refractivity contribution in [2.24, 2.45) is 0 Å². The first-order valence-corrected chi connectivity index (χ1v) is 1.72. The normalized spacial score (nSPS) is 7.60. The van der Waals surface area contributed by atoms with Gasteiger partial charge in [0.05, 0.1) is 12.7 Å². The number of nitrogens with two attached hydrogens (primary N) is 1. The van der Waals surface area contributed by atoms with Crippen LogP contribution in [0.25, 0.3) is 0 Å². The third kappa shape index (κ3) is 3.70. The van der Waals surface area contributed by atoms with Gasteiger partial charge in [-0.15, -0.1) is 0 Å². The number of rotatable bonds is 1. The number of quaternary nitrogens is 1. The molecule has 0 aliphatic carbocycles. The number of hydrogen-bond acceptors (Lipinski definition) is 0. The van der Waals surface area contributed by atoms with E-state index in [2.05, 4.69) is 6.58 Å². The van der Waals surface area contributed by atoms with Gasteiger partial charge >= 0.3 is 0 Å². The highest BCUT2D eigenvalue weighted by Gasteiger charge is 1.69. The fraction of sp³-hybridized carbons (Fsp3) is 0.500. The molecule has 0 spiro atoms. The summed E-state index contributed by atoms with van der Waals surface area (Å²) in [5.74, 6) is 0. The molecule has 30 valence electrons. The molecule has 0 unspecified atom stereocenters. The Kier molecular flexibility index (Phi) is 1.85. The topological polar surface area (TPSA) is 16.6 Å². The Bertz CT molecular complexity index is 38.9. The molecule has 0 atom stereocenters. The maximum atomic E-state index is 3.62. The Hall–Kier alpha value is -0.300. The van der Waals surface area contributed by atoms with Gasteiger partial charge in [-0.3, -0.25) is 0 Å². The van der Waals surface area contributed by atoms with Crippen molar-refractivity contribution in [3.63, 3.8) is 0 Å². The summed E-state index contributed by atoms with van der Waals surface area (Å²) >= 11 is 0. The predicted molar refractivity (Wildman–Crippen MR) is 22.7 cm³/mol. The standard InChI is InChI=1S/C4H9N/c1-4(2)5-3/h5H,1H2,2-3H3/p+1. The van der Waals surface area contributed by atoms with Crippen LogP contribution in [0, 0.1) is 0 Å². The van der Waals surface area contributed by atoms with E-state index in [0.717, 1.165) is 5.70 Å². The Morgan fingerprint density at radius 2 is 2.00 bits per heavy atom. The van der Waals surface area contributed by atoms with Gasteiger partial charge in [-0.1, -0.05) is 0 Å². The van der Waals surface area contributed by atoms with Gasteiger partial charge in [0.2, 0.25) is 0 Å². The zero-order valence-electron chi connectivity index (χ0n) is 3.78. The SMILES string of the molecule is C=C(C)[NH2+]C. The molecule has 0 aliphatic rings. The Morgan fingerprint density at radius 3 is 2.00 bits per heavy atom. The van der Waals surface area contributed by atoms with Crippen molar-refractivity contribution in [1.82, 2.24) is 0 Å². The lowest BCUT2D eigenvalue weighted by atomic mass is 10.6. The van der Waals surface area contributed by atoms with E-state index in [9.17, 15) is 0 Å². The van der Waals surface area contributed by atoms with Crippen LogP contribution in [0.15, 0.2) is 12.3 Å². The summed E-state index contributed by atoms with van der Waals surface area (Å²) in [5.41, 5.74) is 1.13. The third-order valence-electron chi connectivity index (χ3n) is 0.493. The monoisotopic (exact) mass is 72.1 g/mol. The molecule has 0 heterocycles. The van der Waals surface area contributed by atoms with Gasteiger partial charge in [0, 0.05) is 6.92 Å². The van der Waals surface area contributed by atoms with Gasteiger partial charge in [-0.25, -0.2) is 0 Å². The molecule has 0 fully saturated rings. The van der Waals surface area contributed by atoms with Gasteiger partial charge in [-0.2, -0.15) is 0 Å². The van der Waals surface area contributed by atoms with E-state index in [1.54, 1.807) is 0 Å². The molecular formula is C4H10N+. The molecule has 0 saturated heterocycles. The largest absolute Gasteiger partial charge is 0.321 e. The fourth-order valence-electron chi connectivity index (χ4n) is 0. The molecule has 5 heavy (non-hydrogen) atoms. The summed E-state index contributed by atoms with van der Waals surface area (Å²) in [6, 6.07) is 0. The molecule has 0 rings (SSSR count). The van der Waals surface area contributed by atoms with Crippen molar-refractivity contribution >= 4 is 0 Å². The first-order valence-electron chi connectivity index (χ1n) is 1.72. The zero-order chi connectivity index (χ0) is 4.28. The van der Waals surface area contributed by atoms with E-state index >= 15 is 0 Å². The van der Waals surface area contributed by atoms with E-state index in [1.165, 1.54) is 0 Å². The lowest BCUT2D eigenvalue weighted by Gasteiger charge is -1.80.